The summed E-state index contributed by atoms with van der Waals surface area (Å²) in [6.45, 7) is 0. The minimum absolute atomic E-state index is 0.0462. The smallest absolute Gasteiger partial charge is 0.335 e. The number of aromatic carboxylic acids is 1. The van der Waals surface area contributed by atoms with Crippen molar-refractivity contribution in [2.75, 3.05) is 0 Å². The Morgan fingerprint density at radius 2 is 1.92 bits per heavy atom. The quantitative estimate of drug-likeness (QED) is 0.688. The Kier molecular flexibility index (Phi) is 4.97. The number of carboxylic acids is 1. The van der Waals surface area contributed by atoms with Gasteiger partial charge in [0.2, 0.25) is 6.10 Å². The molecule has 1 atom stereocenters. The van der Waals surface area contributed by atoms with Crippen molar-refractivity contribution in [2.45, 2.75) is 6.10 Å². The number of rotatable bonds is 5. The summed E-state index contributed by atoms with van der Waals surface area (Å²) in [4.78, 5) is 27.4. The van der Waals surface area contributed by atoms with E-state index in [-0.39, 0.29) is 16.3 Å². The lowest BCUT2D eigenvalue weighted by Gasteiger charge is -2.18. The Labute approximate surface area is 158 Å². The maximum atomic E-state index is 11.9. The zero-order valence-electron chi connectivity index (χ0n) is 13.1. The molecule has 0 saturated carbocycles. The molecule has 3 N–H and O–H groups in total. The number of hydrogen-bond acceptors (Lipinski definition) is 4. The SMILES string of the molecule is NC(=O)C(Oc1cc(C(=O)O)cc2cc(Cl)cc(Cl)c12)c1ccccn1. The summed E-state index contributed by atoms with van der Waals surface area (Å²) < 4.78 is 5.76. The van der Waals surface area contributed by atoms with Gasteiger partial charge in [-0.1, -0.05) is 29.3 Å². The molecule has 0 radical (unpaired) electrons. The highest BCUT2D eigenvalue weighted by Crippen LogP contribution is 2.37. The predicted octanol–water partition coefficient (Wildman–Crippen LogP) is 3.85. The zero-order chi connectivity index (χ0) is 18.8. The van der Waals surface area contributed by atoms with E-state index in [0.717, 1.165) is 0 Å². The summed E-state index contributed by atoms with van der Waals surface area (Å²) >= 11 is 12.3. The van der Waals surface area contributed by atoms with Crippen molar-refractivity contribution in [3.63, 3.8) is 0 Å². The minimum Gasteiger partial charge on any atom is -0.478 e. The molecule has 0 aliphatic rings. The Hall–Kier alpha value is -2.83. The second kappa shape index (κ2) is 7.19. The van der Waals surface area contributed by atoms with Crippen LogP contribution in [0.15, 0.2) is 48.7 Å². The molecule has 1 unspecified atom stereocenters. The van der Waals surface area contributed by atoms with Crippen molar-refractivity contribution in [3.05, 3.63) is 70.0 Å². The molecule has 132 valence electrons. The number of primary amides is 1. The van der Waals surface area contributed by atoms with E-state index in [4.69, 9.17) is 33.7 Å². The molecular weight excluding hydrogens is 379 g/mol. The van der Waals surface area contributed by atoms with Gasteiger partial charge in [0.15, 0.2) is 0 Å². The first kappa shape index (κ1) is 18.0. The second-order valence-corrected chi connectivity index (χ2v) is 6.26. The second-order valence-electron chi connectivity index (χ2n) is 5.42. The van der Waals surface area contributed by atoms with Gasteiger partial charge in [-0.3, -0.25) is 9.78 Å². The van der Waals surface area contributed by atoms with Crippen LogP contribution in [0.25, 0.3) is 10.8 Å². The van der Waals surface area contributed by atoms with E-state index >= 15 is 0 Å². The number of hydrogen-bond donors (Lipinski definition) is 2. The molecule has 3 rings (SSSR count). The van der Waals surface area contributed by atoms with Crippen LogP contribution >= 0.6 is 23.2 Å². The number of fused-ring (bicyclic) bond motifs is 1. The number of carbonyl (C=O) groups is 2. The molecule has 0 saturated heterocycles. The maximum absolute atomic E-state index is 11.9. The molecule has 26 heavy (non-hydrogen) atoms. The number of carboxylic acid groups (broad SMARTS) is 1. The van der Waals surface area contributed by atoms with E-state index in [1.54, 1.807) is 24.3 Å². The third-order valence-electron chi connectivity index (χ3n) is 3.64. The first-order chi connectivity index (χ1) is 12.4. The molecular formula is C18H12Cl2N2O4. The molecule has 0 spiro atoms. The first-order valence-electron chi connectivity index (χ1n) is 7.40. The summed E-state index contributed by atoms with van der Waals surface area (Å²) in [5.41, 5.74) is 5.69. The van der Waals surface area contributed by atoms with E-state index in [9.17, 15) is 14.7 Å². The Morgan fingerprint density at radius 3 is 2.54 bits per heavy atom. The molecule has 0 bridgehead atoms. The van der Waals surface area contributed by atoms with Gasteiger partial charge in [0, 0.05) is 16.6 Å². The number of nitrogens with two attached hydrogens (primary N) is 1. The number of nitrogens with zero attached hydrogens (tertiary/aromatic N) is 1. The Balaban J connectivity index is 2.19. The van der Waals surface area contributed by atoms with Crippen molar-refractivity contribution in [1.82, 2.24) is 4.98 Å². The van der Waals surface area contributed by atoms with Crippen LogP contribution in [0, 0.1) is 0 Å². The van der Waals surface area contributed by atoms with Crippen molar-refractivity contribution in [2.24, 2.45) is 5.73 Å². The van der Waals surface area contributed by atoms with Gasteiger partial charge in [-0.25, -0.2) is 4.79 Å². The topological polar surface area (TPSA) is 103 Å². The van der Waals surface area contributed by atoms with Crippen LogP contribution in [0.1, 0.15) is 22.2 Å². The number of benzene rings is 2. The molecule has 2 aromatic carbocycles. The lowest BCUT2D eigenvalue weighted by Crippen LogP contribution is -2.27. The van der Waals surface area contributed by atoms with E-state index in [1.165, 1.54) is 24.4 Å². The average Bonchev–Trinajstić information content (AvgIpc) is 2.59. The third-order valence-corrected chi connectivity index (χ3v) is 4.15. The van der Waals surface area contributed by atoms with Crippen molar-refractivity contribution in [1.29, 1.82) is 0 Å². The largest absolute Gasteiger partial charge is 0.478 e. The van der Waals surface area contributed by atoms with Crippen LogP contribution < -0.4 is 10.5 Å². The highest BCUT2D eigenvalue weighted by atomic mass is 35.5. The van der Waals surface area contributed by atoms with E-state index in [2.05, 4.69) is 4.98 Å². The third kappa shape index (κ3) is 3.56. The lowest BCUT2D eigenvalue weighted by molar-refractivity contribution is -0.125. The monoisotopic (exact) mass is 390 g/mol. The summed E-state index contributed by atoms with van der Waals surface area (Å²) in [5, 5.41) is 10.8. The number of carbonyl (C=O) groups excluding carboxylic acids is 1. The Bertz CT molecular complexity index is 1010. The normalized spacial score (nSPS) is 11.9. The number of pyridine rings is 1. The van der Waals surface area contributed by atoms with Gasteiger partial charge in [-0.2, -0.15) is 0 Å². The van der Waals surface area contributed by atoms with E-state index in [0.29, 0.717) is 21.5 Å². The van der Waals surface area contributed by atoms with Crippen LogP contribution in [0.2, 0.25) is 10.0 Å². The first-order valence-corrected chi connectivity index (χ1v) is 8.15. The molecule has 1 heterocycles. The summed E-state index contributed by atoms with van der Waals surface area (Å²) in [5.74, 6) is -1.85. The summed E-state index contributed by atoms with van der Waals surface area (Å²) in [6.07, 6.45) is 0.280. The van der Waals surface area contributed by atoms with Crippen LogP contribution in [0.5, 0.6) is 5.75 Å². The standard InChI is InChI=1S/C18H12Cl2N2O4/c19-11-6-9-5-10(18(24)25)7-14(15(9)12(20)8-11)26-16(17(21)23)13-3-1-2-4-22-13/h1-8,16H,(H2,21,23)(H,24,25). The molecule has 0 aliphatic carbocycles. The fraction of sp³-hybridized carbons (Fsp3) is 0.0556. The van der Waals surface area contributed by atoms with Gasteiger partial charge in [0.1, 0.15) is 5.75 Å². The van der Waals surface area contributed by atoms with E-state index in [1.807, 2.05) is 0 Å². The van der Waals surface area contributed by atoms with E-state index < -0.39 is 18.0 Å². The maximum Gasteiger partial charge on any atom is 0.335 e. The molecule has 6 nitrogen and oxygen atoms in total. The van der Waals surface area contributed by atoms with Crippen molar-refractivity contribution < 1.29 is 19.4 Å². The molecule has 0 fully saturated rings. The highest BCUT2D eigenvalue weighted by Gasteiger charge is 2.24. The van der Waals surface area contributed by atoms with Gasteiger partial charge in [-0.05, 0) is 41.8 Å². The fourth-order valence-corrected chi connectivity index (χ4v) is 3.13. The van der Waals surface area contributed by atoms with Crippen LogP contribution in [-0.4, -0.2) is 22.0 Å². The average molecular weight is 391 g/mol. The summed E-state index contributed by atoms with van der Waals surface area (Å²) in [7, 11) is 0. The number of aromatic nitrogens is 1. The van der Waals surface area contributed by atoms with Gasteiger partial charge < -0.3 is 15.6 Å². The van der Waals surface area contributed by atoms with Gasteiger partial charge in [0.05, 0.1) is 16.3 Å². The lowest BCUT2D eigenvalue weighted by atomic mass is 10.1. The summed E-state index contributed by atoms with van der Waals surface area (Å²) in [6, 6.07) is 10.7. The molecule has 1 aromatic heterocycles. The van der Waals surface area contributed by atoms with Crippen molar-refractivity contribution >= 4 is 45.9 Å². The molecule has 8 heteroatoms. The number of halogens is 2. The van der Waals surface area contributed by atoms with Crippen LogP contribution in [0.3, 0.4) is 0 Å². The fourth-order valence-electron chi connectivity index (χ4n) is 2.53. The number of amides is 1. The minimum atomic E-state index is -1.21. The molecule has 3 aromatic rings. The zero-order valence-corrected chi connectivity index (χ0v) is 14.7. The molecule has 1 amide bonds. The highest BCUT2D eigenvalue weighted by molar-refractivity contribution is 6.39. The van der Waals surface area contributed by atoms with Crippen molar-refractivity contribution in [3.8, 4) is 5.75 Å². The molecule has 0 aliphatic heterocycles. The Morgan fingerprint density at radius 1 is 1.15 bits per heavy atom. The van der Waals surface area contributed by atoms with Crippen LogP contribution in [-0.2, 0) is 4.79 Å². The van der Waals surface area contributed by atoms with Gasteiger partial charge in [-0.15, -0.1) is 0 Å². The predicted molar refractivity (Wildman–Crippen MR) is 97.7 cm³/mol. The van der Waals surface area contributed by atoms with Crippen LogP contribution in [0.4, 0.5) is 0 Å². The van der Waals surface area contributed by atoms with Gasteiger partial charge >= 0.3 is 5.97 Å². The number of ether oxygens (including phenoxy) is 1. The van der Waals surface area contributed by atoms with Gasteiger partial charge in [0.25, 0.3) is 5.91 Å².